The van der Waals surface area contributed by atoms with Crippen molar-refractivity contribution in [2.75, 3.05) is 13.7 Å². The maximum absolute atomic E-state index is 10.9. The Labute approximate surface area is 205 Å². The number of methoxy groups -OCH3 is 1. The van der Waals surface area contributed by atoms with E-state index in [9.17, 15) is 14.4 Å². The summed E-state index contributed by atoms with van der Waals surface area (Å²) in [5.74, 6) is -1.80. The number of rotatable bonds is 16. The number of esters is 2. The van der Waals surface area contributed by atoms with Crippen molar-refractivity contribution in [3.8, 4) is 0 Å². The summed E-state index contributed by atoms with van der Waals surface area (Å²) in [6.07, 6.45) is 21.2. The molecule has 1 aliphatic rings. The van der Waals surface area contributed by atoms with Crippen LogP contribution in [0.25, 0.3) is 0 Å². The van der Waals surface area contributed by atoms with E-state index in [1.807, 2.05) is 0 Å². The first-order chi connectivity index (χ1) is 14.9. The molecule has 1 rings (SSSR count). The van der Waals surface area contributed by atoms with Crippen LogP contribution in [0.5, 0.6) is 0 Å². The molecule has 0 aromatic heterocycles. The molecule has 0 saturated heterocycles. The third kappa shape index (κ3) is 17.2. The van der Waals surface area contributed by atoms with Gasteiger partial charge >= 0.3 is 87.0 Å². The molecule has 0 spiro atoms. The fourth-order valence-corrected chi connectivity index (χ4v) is 3.75. The minimum atomic E-state index is -0.664. The molecule has 0 amide bonds. The van der Waals surface area contributed by atoms with E-state index in [0.717, 1.165) is 15.7 Å². The number of carbonyl (C=O) groups is 3. The summed E-state index contributed by atoms with van der Waals surface area (Å²) in [5, 5.41) is 8.51. The van der Waals surface area contributed by atoms with Gasteiger partial charge in [-0.05, 0) is 32.1 Å². The number of carboxylic acids is 1. The molecule has 0 saturated carbocycles. The van der Waals surface area contributed by atoms with Crippen molar-refractivity contribution in [3.63, 3.8) is 0 Å². The van der Waals surface area contributed by atoms with Gasteiger partial charge < -0.3 is 5.11 Å². The van der Waals surface area contributed by atoms with Crippen LogP contribution in [0.2, 0.25) is 0 Å². The van der Waals surface area contributed by atoms with Crippen LogP contribution in [0.1, 0.15) is 96.8 Å². The monoisotopic (exact) mass is 446 g/mol. The Kier molecular flexibility index (Phi) is 20.0. The van der Waals surface area contributed by atoms with Crippen LogP contribution in [-0.2, 0) is 23.9 Å². The Bertz CT molecular complexity index is 583. The zero-order valence-corrected chi connectivity index (χ0v) is 21.7. The molecule has 0 radical (unpaired) electrons. The topological polar surface area (TPSA) is 89.9 Å². The van der Waals surface area contributed by atoms with Gasteiger partial charge in [-0.15, -0.1) is 0 Å². The molecule has 1 aliphatic heterocycles. The number of unbranched alkanes of at least 4 members (excludes halogenated alkanes) is 11. The average Bonchev–Trinajstić information content (AvgIpc) is 3.08. The number of hydrogen-bond donors (Lipinski definition) is 1. The van der Waals surface area contributed by atoms with Crippen molar-refractivity contribution in [1.82, 2.24) is 0 Å². The molecule has 1 heterocycles. The standard InChI is InChI=1S/C18H34O2.C6H5O4.Na/c1-2-3-4-5-6-7-8-9-10-11-12-13-14-15-16-17-18(19)20;1-9-5(7)4-2-3-10-6(4)8;/h9-10H,2-8,11-17H2,1H3,(H,19,20);3H2,1H3;/b10-9-;;. The molecule has 0 aromatic rings. The Morgan fingerprint density at radius 2 is 1.48 bits per heavy atom. The second-order valence-corrected chi connectivity index (χ2v) is 9.16. The van der Waals surface area contributed by atoms with E-state index < -0.39 is 17.9 Å². The molecule has 31 heavy (non-hydrogen) atoms. The first kappa shape index (κ1) is 29.9. The minimum absolute atomic E-state index is 0.0965. The molecule has 1 N–H and O–H groups in total. The number of ether oxygens (including phenoxy) is 2. The summed E-state index contributed by atoms with van der Waals surface area (Å²) in [5.41, 5.74) is 0.0965. The van der Waals surface area contributed by atoms with E-state index in [2.05, 4.69) is 28.5 Å². The first-order valence-corrected chi connectivity index (χ1v) is 12.8. The third-order valence-electron chi connectivity index (χ3n) is 5.09. The molecular formula is C24H39NaO6. The van der Waals surface area contributed by atoms with Gasteiger partial charge in [0.05, 0.1) is 0 Å². The number of carboxylic acid groups (broad SMARTS) is 1. The molecule has 172 valence electrons. The number of aliphatic carboxylic acids is 1. The molecular weight excluding hydrogens is 407 g/mol. The van der Waals surface area contributed by atoms with E-state index in [-0.39, 0.29) is 12.2 Å². The Morgan fingerprint density at radius 1 is 0.968 bits per heavy atom. The molecule has 0 aromatic carbocycles. The van der Waals surface area contributed by atoms with Crippen molar-refractivity contribution in [3.05, 3.63) is 20.5 Å². The molecule has 0 fully saturated rings. The molecule has 0 bridgehead atoms. The van der Waals surface area contributed by atoms with E-state index in [0.29, 0.717) is 34.4 Å². The van der Waals surface area contributed by atoms with Crippen LogP contribution in [0.3, 0.4) is 0 Å². The van der Waals surface area contributed by atoms with Gasteiger partial charge in [0.1, 0.15) is 0 Å². The predicted octanol–water partition coefficient (Wildman–Crippen LogP) is 5.25. The van der Waals surface area contributed by atoms with E-state index in [4.69, 9.17) is 5.11 Å². The normalized spacial score (nSPS) is 13.2. The summed E-state index contributed by atoms with van der Waals surface area (Å²) in [4.78, 5) is 32.0. The summed E-state index contributed by atoms with van der Waals surface area (Å²) in [7, 11) is 1.25. The number of carbonyl (C=O) groups excluding carboxylic acids is 2. The van der Waals surface area contributed by atoms with Crippen LogP contribution in [0.4, 0.5) is 0 Å². The van der Waals surface area contributed by atoms with E-state index >= 15 is 0 Å². The van der Waals surface area contributed by atoms with E-state index in [1.165, 1.54) is 77.7 Å². The van der Waals surface area contributed by atoms with Crippen molar-refractivity contribution in [1.29, 1.82) is 0 Å². The molecule has 0 aliphatic carbocycles. The van der Waals surface area contributed by atoms with Crippen LogP contribution in [0, 0.1) is 0 Å². The van der Waals surface area contributed by atoms with Crippen LogP contribution in [0.15, 0.2) is 20.5 Å². The molecule has 0 atom stereocenters. The van der Waals surface area contributed by atoms with Crippen molar-refractivity contribution in [2.45, 2.75) is 96.8 Å². The summed E-state index contributed by atoms with van der Waals surface area (Å²) in [6.45, 7) is 2.52. The number of cyclic esters (lactones) is 1. The Balaban J connectivity index is 0.000000683. The summed E-state index contributed by atoms with van der Waals surface area (Å²) < 4.78 is 9.79. The second-order valence-electron chi connectivity index (χ2n) is 7.95. The summed E-state index contributed by atoms with van der Waals surface area (Å²) in [6, 6.07) is 0. The van der Waals surface area contributed by atoms with Crippen LogP contribution < -0.4 is 0 Å². The number of allylic oxidation sites excluding steroid dienone is 2. The second kappa shape index (κ2) is 20.8. The number of hydrogen-bond acceptors (Lipinski definition) is 5. The predicted molar refractivity (Wildman–Crippen MR) is 123 cm³/mol. The van der Waals surface area contributed by atoms with Crippen molar-refractivity contribution >= 4 is 45.8 Å². The van der Waals surface area contributed by atoms with Crippen LogP contribution in [-0.4, -0.2) is 64.7 Å². The third-order valence-corrected chi connectivity index (χ3v) is 5.88. The fraction of sp³-hybridized carbons (Fsp3) is 0.708. The van der Waals surface area contributed by atoms with Gasteiger partial charge in [0.25, 0.3) is 0 Å². The summed E-state index contributed by atoms with van der Waals surface area (Å²) >= 11 is 0.660. The van der Waals surface area contributed by atoms with Crippen molar-refractivity contribution in [2.24, 2.45) is 0 Å². The SMILES string of the molecule is CCCCCCCC/C=C\CCCCCCCC(=O)O.COC(=O)C1=[C]([Na])COC1=O. The zero-order valence-electron chi connectivity index (χ0n) is 19.7. The maximum atomic E-state index is 10.9. The Morgan fingerprint density at radius 3 is 1.94 bits per heavy atom. The molecule has 0 unspecified atom stereocenters. The van der Waals surface area contributed by atoms with Gasteiger partial charge in [-0.1, -0.05) is 70.4 Å². The van der Waals surface area contributed by atoms with Crippen molar-refractivity contribution < 1.29 is 29.0 Å². The average molecular weight is 447 g/mol. The Hall–Kier alpha value is -1.11. The fourth-order valence-electron chi connectivity index (χ4n) is 3.20. The van der Waals surface area contributed by atoms with Gasteiger partial charge in [0.2, 0.25) is 0 Å². The first-order valence-electron chi connectivity index (χ1n) is 11.8. The molecule has 7 heteroatoms. The van der Waals surface area contributed by atoms with Gasteiger partial charge in [0, 0.05) is 6.42 Å². The van der Waals surface area contributed by atoms with Gasteiger partial charge in [-0.3, -0.25) is 4.79 Å². The molecule has 6 nitrogen and oxygen atoms in total. The zero-order chi connectivity index (χ0) is 23.3. The van der Waals surface area contributed by atoms with Gasteiger partial charge in [-0.2, -0.15) is 0 Å². The van der Waals surface area contributed by atoms with Crippen LogP contribution >= 0.6 is 0 Å². The van der Waals surface area contributed by atoms with E-state index in [1.54, 1.807) is 0 Å². The quantitative estimate of drug-likeness (QED) is 0.115. The van der Waals surface area contributed by atoms with Gasteiger partial charge in [0.15, 0.2) is 0 Å². The van der Waals surface area contributed by atoms with Gasteiger partial charge in [-0.25, -0.2) is 0 Å².